The second kappa shape index (κ2) is 4.54. The van der Waals surface area contributed by atoms with Gasteiger partial charge in [-0.2, -0.15) is 4.99 Å². The highest BCUT2D eigenvalue weighted by Crippen LogP contribution is 2.22. The molecular weight excluding hydrogens is 178 g/mol. The molecule has 0 aliphatic heterocycles. The predicted octanol–water partition coefficient (Wildman–Crippen LogP) is 2.01. The lowest BCUT2D eigenvalue weighted by atomic mass is 10.3. The summed E-state index contributed by atoms with van der Waals surface area (Å²) in [4.78, 5) is 12.9. The highest BCUT2D eigenvalue weighted by Gasteiger charge is 1.96. The van der Waals surface area contributed by atoms with Crippen LogP contribution in [0.1, 0.15) is 0 Å². The van der Waals surface area contributed by atoms with E-state index in [9.17, 15) is 4.79 Å². The number of rotatable bonds is 3. The Morgan fingerprint density at radius 3 is 2.92 bits per heavy atom. The average molecular weight is 184 g/mol. The van der Waals surface area contributed by atoms with Gasteiger partial charge in [0.1, 0.15) is 5.75 Å². The fourth-order valence-corrected chi connectivity index (χ4v) is 0.880. The molecule has 1 aromatic rings. The fraction of sp³-hybridized carbons (Fsp3) is 0.125. The van der Waals surface area contributed by atoms with Crippen molar-refractivity contribution in [3.05, 3.63) is 29.3 Å². The normalized spacial score (nSPS) is 8.75. The zero-order valence-corrected chi connectivity index (χ0v) is 6.91. The third kappa shape index (κ3) is 2.38. The molecule has 1 aromatic carbocycles. The lowest BCUT2D eigenvalue weighted by Crippen LogP contribution is -1.93. The van der Waals surface area contributed by atoms with Gasteiger partial charge in [0.2, 0.25) is 6.08 Å². The molecule has 0 amide bonds. The molecule has 0 saturated heterocycles. The van der Waals surface area contributed by atoms with Crippen LogP contribution in [0.25, 0.3) is 0 Å². The summed E-state index contributed by atoms with van der Waals surface area (Å²) in [7, 11) is 0. The molecular formula is C8H6ClNO2. The van der Waals surface area contributed by atoms with Crippen LogP contribution in [0.15, 0.2) is 29.3 Å². The van der Waals surface area contributed by atoms with Gasteiger partial charge in [0.05, 0.1) is 5.02 Å². The van der Waals surface area contributed by atoms with Gasteiger partial charge in [-0.05, 0) is 12.1 Å². The number of benzene rings is 1. The Hall–Kier alpha value is -1.31. The molecule has 0 radical (unpaired) electrons. The van der Waals surface area contributed by atoms with Crippen molar-refractivity contribution in [3.63, 3.8) is 0 Å². The third-order valence-electron chi connectivity index (χ3n) is 1.19. The molecule has 3 nitrogen and oxygen atoms in total. The van der Waals surface area contributed by atoms with E-state index in [-0.39, 0.29) is 6.73 Å². The summed E-state index contributed by atoms with van der Waals surface area (Å²) in [6.45, 7) is -0.0484. The van der Waals surface area contributed by atoms with Gasteiger partial charge < -0.3 is 4.74 Å². The highest BCUT2D eigenvalue weighted by molar-refractivity contribution is 6.32. The Balaban J connectivity index is 2.62. The molecule has 0 unspecified atom stereocenters. The van der Waals surface area contributed by atoms with Crippen molar-refractivity contribution in [1.82, 2.24) is 0 Å². The summed E-state index contributed by atoms with van der Waals surface area (Å²) in [6.07, 6.45) is 1.36. The van der Waals surface area contributed by atoms with E-state index >= 15 is 0 Å². The number of halogens is 1. The minimum atomic E-state index is -0.0484. The summed E-state index contributed by atoms with van der Waals surface area (Å²) in [5.74, 6) is 0.512. The number of para-hydroxylation sites is 1. The van der Waals surface area contributed by atoms with Crippen LogP contribution in [0, 0.1) is 0 Å². The predicted molar refractivity (Wildman–Crippen MR) is 45.1 cm³/mol. The van der Waals surface area contributed by atoms with E-state index in [2.05, 4.69) is 4.99 Å². The fourth-order valence-electron chi connectivity index (χ4n) is 0.690. The first-order valence-corrected chi connectivity index (χ1v) is 3.63. The minimum absolute atomic E-state index is 0.0484. The maximum atomic E-state index is 9.68. The molecule has 0 atom stereocenters. The van der Waals surface area contributed by atoms with E-state index in [4.69, 9.17) is 16.3 Å². The summed E-state index contributed by atoms with van der Waals surface area (Å²) < 4.78 is 5.02. The van der Waals surface area contributed by atoms with Gasteiger partial charge in [-0.25, -0.2) is 4.79 Å². The van der Waals surface area contributed by atoms with Crippen molar-refractivity contribution < 1.29 is 9.53 Å². The summed E-state index contributed by atoms with van der Waals surface area (Å²) in [5.41, 5.74) is 0. The molecule has 0 aromatic heterocycles. The van der Waals surface area contributed by atoms with Crippen LogP contribution in [-0.4, -0.2) is 12.8 Å². The van der Waals surface area contributed by atoms with E-state index in [0.29, 0.717) is 10.8 Å². The standard InChI is InChI=1S/C8H6ClNO2/c9-7-3-1-2-4-8(7)12-6-10-5-11/h1-4H,6H2. The average Bonchev–Trinajstić information content (AvgIpc) is 2.09. The first kappa shape index (κ1) is 8.78. The van der Waals surface area contributed by atoms with Gasteiger partial charge in [0, 0.05) is 0 Å². The molecule has 4 heteroatoms. The quantitative estimate of drug-likeness (QED) is 0.531. The maximum absolute atomic E-state index is 9.68. The van der Waals surface area contributed by atoms with E-state index in [1.54, 1.807) is 24.3 Å². The van der Waals surface area contributed by atoms with Gasteiger partial charge in [0.25, 0.3) is 0 Å². The van der Waals surface area contributed by atoms with Gasteiger partial charge >= 0.3 is 0 Å². The smallest absolute Gasteiger partial charge is 0.238 e. The number of hydrogen-bond acceptors (Lipinski definition) is 3. The topological polar surface area (TPSA) is 38.7 Å². The van der Waals surface area contributed by atoms with Crippen molar-refractivity contribution in [3.8, 4) is 5.75 Å². The van der Waals surface area contributed by atoms with Crippen molar-refractivity contribution in [1.29, 1.82) is 0 Å². The van der Waals surface area contributed by atoms with Crippen molar-refractivity contribution in [2.24, 2.45) is 4.99 Å². The molecule has 0 saturated carbocycles. The molecule has 0 fully saturated rings. The zero-order chi connectivity index (χ0) is 8.81. The molecule has 0 bridgehead atoms. The van der Waals surface area contributed by atoms with Crippen LogP contribution in [0.4, 0.5) is 0 Å². The van der Waals surface area contributed by atoms with Crippen molar-refractivity contribution in [2.45, 2.75) is 0 Å². The Morgan fingerprint density at radius 1 is 1.50 bits per heavy atom. The molecule has 62 valence electrons. The molecule has 0 heterocycles. The first-order valence-electron chi connectivity index (χ1n) is 3.25. The lowest BCUT2D eigenvalue weighted by molar-refractivity contribution is 0.330. The summed E-state index contributed by atoms with van der Waals surface area (Å²) in [5, 5.41) is 0.499. The molecule has 12 heavy (non-hydrogen) atoms. The largest absolute Gasteiger partial charge is 0.469 e. The SMILES string of the molecule is O=C=NCOc1ccccc1Cl. The second-order valence-corrected chi connectivity index (χ2v) is 2.36. The number of aliphatic imine (C=N–C) groups is 1. The molecule has 0 N–H and O–H groups in total. The molecule has 1 rings (SSSR count). The van der Waals surface area contributed by atoms with Gasteiger partial charge in [-0.15, -0.1) is 0 Å². The van der Waals surface area contributed by atoms with E-state index in [0.717, 1.165) is 0 Å². The maximum Gasteiger partial charge on any atom is 0.238 e. The van der Waals surface area contributed by atoms with Crippen LogP contribution < -0.4 is 4.74 Å². The monoisotopic (exact) mass is 183 g/mol. The van der Waals surface area contributed by atoms with Gasteiger partial charge in [-0.1, -0.05) is 23.7 Å². The van der Waals surface area contributed by atoms with Crippen LogP contribution >= 0.6 is 11.6 Å². The van der Waals surface area contributed by atoms with Gasteiger partial charge in [-0.3, -0.25) is 0 Å². The van der Waals surface area contributed by atoms with Crippen LogP contribution in [-0.2, 0) is 4.79 Å². The summed E-state index contributed by atoms with van der Waals surface area (Å²) >= 11 is 5.74. The Kier molecular flexibility index (Phi) is 3.33. The summed E-state index contributed by atoms with van der Waals surface area (Å²) in [6, 6.07) is 6.97. The number of hydrogen-bond donors (Lipinski definition) is 0. The van der Waals surface area contributed by atoms with Gasteiger partial charge in [0.15, 0.2) is 6.73 Å². The van der Waals surface area contributed by atoms with E-state index < -0.39 is 0 Å². The molecule has 0 spiro atoms. The zero-order valence-electron chi connectivity index (χ0n) is 6.16. The van der Waals surface area contributed by atoms with Crippen LogP contribution in [0.3, 0.4) is 0 Å². The van der Waals surface area contributed by atoms with Crippen LogP contribution in [0.5, 0.6) is 5.75 Å². The molecule has 0 aliphatic rings. The number of carbonyl (C=O) groups excluding carboxylic acids is 1. The molecule has 0 aliphatic carbocycles. The second-order valence-electron chi connectivity index (χ2n) is 1.95. The van der Waals surface area contributed by atoms with E-state index in [1.807, 2.05) is 0 Å². The first-order chi connectivity index (χ1) is 5.84. The van der Waals surface area contributed by atoms with Crippen molar-refractivity contribution >= 4 is 17.7 Å². The Morgan fingerprint density at radius 2 is 2.25 bits per heavy atom. The van der Waals surface area contributed by atoms with E-state index in [1.165, 1.54) is 6.08 Å². The van der Waals surface area contributed by atoms with Crippen molar-refractivity contribution in [2.75, 3.05) is 6.73 Å². The highest BCUT2D eigenvalue weighted by atomic mass is 35.5. The number of isocyanates is 1. The number of ether oxygens (including phenoxy) is 1. The lowest BCUT2D eigenvalue weighted by Gasteiger charge is -2.02. The minimum Gasteiger partial charge on any atom is -0.469 e. The Labute approximate surface area is 74.6 Å². The van der Waals surface area contributed by atoms with Crippen LogP contribution in [0.2, 0.25) is 5.02 Å². The Bertz CT molecular complexity index is 308. The number of nitrogens with zero attached hydrogens (tertiary/aromatic N) is 1. The third-order valence-corrected chi connectivity index (χ3v) is 1.50.